The maximum Gasteiger partial charge on any atom is 0.317 e. The Morgan fingerprint density at radius 2 is 1.79 bits per heavy atom. The zero-order chi connectivity index (χ0) is 20.9. The molecule has 4 heteroatoms. The summed E-state index contributed by atoms with van der Waals surface area (Å²) in [4.78, 5) is 38.8. The molecule has 0 aromatic heterocycles. The van der Waals surface area contributed by atoms with E-state index in [1.165, 1.54) is 0 Å². The van der Waals surface area contributed by atoms with Crippen LogP contribution in [0.15, 0.2) is 41.5 Å². The first-order valence-electron chi connectivity index (χ1n) is 10.2. The first kappa shape index (κ1) is 22.1. The Morgan fingerprint density at radius 3 is 2.36 bits per heavy atom. The molecule has 0 radical (unpaired) electrons. The van der Waals surface area contributed by atoms with Gasteiger partial charge in [-0.25, -0.2) is 0 Å². The number of esters is 1. The van der Waals surface area contributed by atoms with Gasteiger partial charge in [-0.15, -0.1) is 0 Å². The smallest absolute Gasteiger partial charge is 0.317 e. The molecule has 1 aliphatic rings. The van der Waals surface area contributed by atoms with Gasteiger partial charge in [0.1, 0.15) is 5.92 Å². The molecule has 152 valence electrons. The Kier molecular flexibility index (Phi) is 7.34. The van der Waals surface area contributed by atoms with E-state index in [0.717, 1.165) is 30.4 Å². The van der Waals surface area contributed by atoms with E-state index in [-0.39, 0.29) is 30.0 Å². The highest BCUT2D eigenvalue weighted by Crippen LogP contribution is 2.41. The van der Waals surface area contributed by atoms with Crippen LogP contribution in [0.1, 0.15) is 70.7 Å². The lowest BCUT2D eigenvalue weighted by atomic mass is 9.69. The molecule has 0 heterocycles. The number of allylic oxidation sites excluding steroid dienone is 2. The molecular weight excluding hydrogens is 352 g/mol. The van der Waals surface area contributed by atoms with Gasteiger partial charge in [0.15, 0.2) is 11.6 Å². The summed E-state index contributed by atoms with van der Waals surface area (Å²) in [5.41, 5.74) is 2.31. The first-order valence-corrected chi connectivity index (χ1v) is 10.2. The molecule has 1 aromatic rings. The minimum absolute atomic E-state index is 0.0462. The third-order valence-electron chi connectivity index (χ3n) is 5.69. The predicted octanol–water partition coefficient (Wildman–Crippen LogP) is 5.17. The van der Waals surface area contributed by atoms with Crippen molar-refractivity contribution in [2.45, 2.75) is 60.3 Å². The highest BCUT2D eigenvalue weighted by atomic mass is 16.5. The van der Waals surface area contributed by atoms with Crippen LogP contribution in [0.5, 0.6) is 0 Å². The van der Waals surface area contributed by atoms with Gasteiger partial charge in [-0.1, -0.05) is 56.7 Å². The normalized spacial score (nSPS) is 18.3. The molecule has 0 aliphatic heterocycles. The Labute approximate surface area is 168 Å². The molecule has 0 spiro atoms. The number of ether oxygens (including phenoxy) is 1. The van der Waals surface area contributed by atoms with Gasteiger partial charge < -0.3 is 4.74 Å². The lowest BCUT2D eigenvalue weighted by Gasteiger charge is -2.34. The van der Waals surface area contributed by atoms with Crippen molar-refractivity contribution in [2.75, 3.05) is 6.61 Å². The summed E-state index contributed by atoms with van der Waals surface area (Å²) >= 11 is 0. The Bertz CT molecular complexity index is 758. The second-order valence-electron chi connectivity index (χ2n) is 8.46. The van der Waals surface area contributed by atoms with Crippen LogP contribution in [0.25, 0.3) is 0 Å². The van der Waals surface area contributed by atoms with Crippen molar-refractivity contribution in [3.8, 4) is 0 Å². The maximum atomic E-state index is 13.2. The molecule has 0 bridgehead atoms. The highest BCUT2D eigenvalue weighted by molar-refractivity contribution is 6.09. The second-order valence-corrected chi connectivity index (χ2v) is 8.46. The molecule has 2 unspecified atom stereocenters. The van der Waals surface area contributed by atoms with Crippen LogP contribution >= 0.6 is 0 Å². The van der Waals surface area contributed by atoms with E-state index >= 15 is 0 Å². The first-order chi connectivity index (χ1) is 13.2. The number of Topliss-reactive ketones (excluding diaryl/α,β-unsaturated/α-hetero) is 2. The molecule has 0 saturated heterocycles. The molecule has 4 nitrogen and oxygen atoms in total. The SMILES string of the molecule is CCOC(=O)C(C(=O)c1ccccc1)C(C)CC(=O)C1=C(C)CCCC1(C)C. The zero-order valence-electron chi connectivity index (χ0n) is 17.7. The van der Waals surface area contributed by atoms with Gasteiger partial charge in [0.2, 0.25) is 0 Å². The maximum absolute atomic E-state index is 13.2. The lowest BCUT2D eigenvalue weighted by Crippen LogP contribution is -2.34. The average molecular weight is 385 g/mol. The fraction of sp³-hybridized carbons (Fsp3) is 0.542. The van der Waals surface area contributed by atoms with E-state index in [4.69, 9.17) is 4.74 Å². The molecule has 2 atom stereocenters. The van der Waals surface area contributed by atoms with E-state index in [0.29, 0.717) is 5.56 Å². The van der Waals surface area contributed by atoms with Crippen LogP contribution in [0.4, 0.5) is 0 Å². The van der Waals surface area contributed by atoms with Crippen LogP contribution in [0.2, 0.25) is 0 Å². The third-order valence-corrected chi connectivity index (χ3v) is 5.69. The number of ketones is 2. The summed E-state index contributed by atoms with van der Waals surface area (Å²) < 4.78 is 5.17. The van der Waals surface area contributed by atoms with E-state index in [1.807, 2.05) is 13.0 Å². The van der Waals surface area contributed by atoms with Crippen LogP contribution in [0, 0.1) is 17.3 Å². The quantitative estimate of drug-likeness (QED) is 0.352. The molecule has 0 fully saturated rings. The van der Waals surface area contributed by atoms with E-state index in [9.17, 15) is 14.4 Å². The monoisotopic (exact) mass is 384 g/mol. The fourth-order valence-electron chi connectivity index (χ4n) is 4.36. The van der Waals surface area contributed by atoms with E-state index in [2.05, 4.69) is 13.8 Å². The molecule has 2 rings (SSSR count). The minimum atomic E-state index is -0.973. The topological polar surface area (TPSA) is 60.4 Å². The van der Waals surface area contributed by atoms with Gasteiger partial charge in [0.25, 0.3) is 0 Å². The fourth-order valence-corrected chi connectivity index (χ4v) is 4.36. The van der Waals surface area contributed by atoms with E-state index < -0.39 is 17.8 Å². The second kappa shape index (κ2) is 9.31. The molecule has 0 N–H and O–H groups in total. The third kappa shape index (κ3) is 4.98. The van der Waals surface area contributed by atoms with Gasteiger partial charge >= 0.3 is 5.97 Å². The van der Waals surface area contributed by atoms with Gasteiger partial charge in [-0.05, 0) is 50.0 Å². The summed E-state index contributed by atoms with van der Waals surface area (Å²) in [5.74, 6) is -2.20. The molecular formula is C24H32O4. The number of hydrogen-bond acceptors (Lipinski definition) is 4. The predicted molar refractivity (Wildman–Crippen MR) is 110 cm³/mol. The number of carbonyl (C=O) groups is 3. The van der Waals surface area contributed by atoms with Crippen molar-refractivity contribution in [1.82, 2.24) is 0 Å². The van der Waals surface area contributed by atoms with Gasteiger partial charge in [0.05, 0.1) is 6.61 Å². The van der Waals surface area contributed by atoms with Crippen molar-refractivity contribution >= 4 is 17.5 Å². The lowest BCUT2D eigenvalue weighted by molar-refractivity contribution is -0.147. The van der Waals surface area contributed by atoms with Crippen molar-refractivity contribution in [3.05, 3.63) is 47.0 Å². The largest absolute Gasteiger partial charge is 0.465 e. The Balaban J connectivity index is 2.27. The van der Waals surface area contributed by atoms with Crippen LogP contribution in [-0.2, 0) is 14.3 Å². The summed E-state index contributed by atoms with van der Waals surface area (Å²) in [6.07, 6.45) is 3.16. The zero-order valence-corrected chi connectivity index (χ0v) is 17.7. The van der Waals surface area contributed by atoms with Gasteiger partial charge in [-0.3, -0.25) is 14.4 Å². The van der Waals surface area contributed by atoms with Crippen LogP contribution in [0.3, 0.4) is 0 Å². The van der Waals surface area contributed by atoms with Crippen LogP contribution < -0.4 is 0 Å². The molecule has 0 saturated carbocycles. The van der Waals surface area contributed by atoms with Gasteiger partial charge in [0, 0.05) is 12.0 Å². The van der Waals surface area contributed by atoms with Crippen molar-refractivity contribution in [2.24, 2.45) is 17.3 Å². The van der Waals surface area contributed by atoms with Crippen molar-refractivity contribution < 1.29 is 19.1 Å². The van der Waals surface area contributed by atoms with E-state index in [1.54, 1.807) is 38.1 Å². The summed E-state index contributed by atoms with van der Waals surface area (Å²) in [6, 6.07) is 8.75. The molecule has 0 amide bonds. The molecule has 28 heavy (non-hydrogen) atoms. The number of benzene rings is 1. The number of hydrogen-bond donors (Lipinski definition) is 0. The van der Waals surface area contributed by atoms with Crippen LogP contribution in [-0.4, -0.2) is 24.1 Å². The van der Waals surface area contributed by atoms with Crippen molar-refractivity contribution in [1.29, 1.82) is 0 Å². The molecule has 1 aliphatic carbocycles. The Morgan fingerprint density at radius 1 is 1.14 bits per heavy atom. The minimum Gasteiger partial charge on any atom is -0.465 e. The van der Waals surface area contributed by atoms with Crippen molar-refractivity contribution in [3.63, 3.8) is 0 Å². The number of carbonyl (C=O) groups excluding carboxylic acids is 3. The summed E-state index contributed by atoms with van der Waals surface area (Å²) in [5, 5.41) is 0. The molecule has 1 aromatic carbocycles. The standard InChI is InChI=1S/C24H32O4/c1-6-28-23(27)20(22(26)18-12-8-7-9-13-18)17(3)15-19(25)21-16(2)11-10-14-24(21,4)5/h7-9,12-13,17,20H,6,10-11,14-15H2,1-5H3. The number of rotatable bonds is 8. The summed E-state index contributed by atoms with van der Waals surface area (Å²) in [7, 11) is 0. The summed E-state index contributed by atoms with van der Waals surface area (Å²) in [6.45, 7) is 9.95. The Hall–Kier alpha value is -2.23. The average Bonchev–Trinajstić information content (AvgIpc) is 2.61. The van der Waals surface area contributed by atoms with Gasteiger partial charge in [-0.2, -0.15) is 0 Å². The highest BCUT2D eigenvalue weighted by Gasteiger charge is 2.38.